The number of nitrogens with zero attached hydrogens (tertiary/aromatic N) is 1. The van der Waals surface area contributed by atoms with E-state index in [4.69, 9.17) is 5.26 Å². The second-order valence-electron chi connectivity index (χ2n) is 4.13. The molecule has 2 rings (SSSR count). The Labute approximate surface area is 110 Å². The Hall–Kier alpha value is -2.67. The van der Waals surface area contributed by atoms with Crippen LogP contribution in [0.1, 0.15) is 21.5 Å². The molecule has 1 N–H and O–H groups in total. The smallest absolute Gasteiger partial charge is 0.255 e. The summed E-state index contributed by atoms with van der Waals surface area (Å²) in [5.41, 5.74) is 1.85. The van der Waals surface area contributed by atoms with Crippen molar-refractivity contribution >= 4 is 11.6 Å². The standard InChI is InChI=1S/C15H11FN2O/c1-10-2-7-13(16)14(8-10)18-15(19)12-5-3-11(9-17)4-6-12/h2-8H,1H3,(H,18,19). The molecule has 0 unspecified atom stereocenters. The lowest BCUT2D eigenvalue weighted by Crippen LogP contribution is -2.13. The Kier molecular flexibility index (Phi) is 3.58. The summed E-state index contributed by atoms with van der Waals surface area (Å²) < 4.78 is 13.5. The quantitative estimate of drug-likeness (QED) is 0.894. The number of nitrogens with one attached hydrogen (secondary N) is 1. The van der Waals surface area contributed by atoms with Crippen LogP contribution in [0, 0.1) is 24.1 Å². The molecular formula is C15H11FN2O. The molecule has 0 aliphatic rings. The molecule has 3 nitrogen and oxygen atoms in total. The van der Waals surface area contributed by atoms with Crippen LogP contribution in [-0.4, -0.2) is 5.91 Å². The second kappa shape index (κ2) is 5.32. The Morgan fingerprint density at radius 3 is 2.53 bits per heavy atom. The Morgan fingerprint density at radius 2 is 1.89 bits per heavy atom. The molecule has 2 aromatic carbocycles. The van der Waals surface area contributed by atoms with Crippen LogP contribution in [-0.2, 0) is 0 Å². The summed E-state index contributed by atoms with van der Waals surface area (Å²) in [6, 6.07) is 12.6. The van der Waals surface area contributed by atoms with Crippen molar-refractivity contribution in [3.05, 3.63) is 65.0 Å². The molecule has 0 spiro atoms. The summed E-state index contributed by atoms with van der Waals surface area (Å²) in [7, 11) is 0. The Balaban J connectivity index is 2.21. The molecule has 19 heavy (non-hydrogen) atoms. The van der Waals surface area contributed by atoms with E-state index in [9.17, 15) is 9.18 Å². The lowest BCUT2D eigenvalue weighted by molar-refractivity contribution is 0.102. The highest BCUT2D eigenvalue weighted by molar-refractivity contribution is 6.04. The van der Waals surface area contributed by atoms with E-state index in [1.54, 1.807) is 24.3 Å². The van der Waals surface area contributed by atoms with E-state index < -0.39 is 11.7 Å². The van der Waals surface area contributed by atoms with E-state index in [1.807, 2.05) is 13.0 Å². The minimum absolute atomic E-state index is 0.148. The monoisotopic (exact) mass is 254 g/mol. The van der Waals surface area contributed by atoms with Gasteiger partial charge in [0, 0.05) is 5.56 Å². The molecule has 0 radical (unpaired) electrons. The lowest BCUT2D eigenvalue weighted by atomic mass is 10.1. The minimum Gasteiger partial charge on any atom is -0.319 e. The van der Waals surface area contributed by atoms with Gasteiger partial charge in [-0.1, -0.05) is 6.07 Å². The van der Waals surface area contributed by atoms with Gasteiger partial charge >= 0.3 is 0 Å². The van der Waals surface area contributed by atoms with E-state index in [0.29, 0.717) is 11.1 Å². The van der Waals surface area contributed by atoms with Crippen molar-refractivity contribution in [1.29, 1.82) is 5.26 Å². The zero-order valence-corrected chi connectivity index (χ0v) is 10.3. The van der Waals surface area contributed by atoms with E-state index in [0.717, 1.165) is 5.56 Å². The molecule has 0 aliphatic carbocycles. The highest BCUT2D eigenvalue weighted by atomic mass is 19.1. The number of hydrogen-bond donors (Lipinski definition) is 1. The van der Waals surface area contributed by atoms with Gasteiger partial charge in [-0.05, 0) is 48.9 Å². The number of halogens is 1. The van der Waals surface area contributed by atoms with Gasteiger partial charge in [-0.15, -0.1) is 0 Å². The van der Waals surface area contributed by atoms with Crippen LogP contribution in [0.2, 0.25) is 0 Å². The molecule has 1 amide bonds. The van der Waals surface area contributed by atoms with Crippen molar-refractivity contribution in [1.82, 2.24) is 0 Å². The second-order valence-corrected chi connectivity index (χ2v) is 4.13. The SMILES string of the molecule is Cc1ccc(F)c(NC(=O)c2ccc(C#N)cc2)c1. The number of benzene rings is 2. The normalized spacial score (nSPS) is 9.74. The van der Waals surface area contributed by atoms with Gasteiger partial charge < -0.3 is 5.32 Å². The fourth-order valence-corrected chi connectivity index (χ4v) is 1.63. The molecule has 0 heterocycles. The largest absolute Gasteiger partial charge is 0.319 e. The van der Waals surface area contributed by atoms with Crippen molar-refractivity contribution in [2.45, 2.75) is 6.92 Å². The molecule has 4 heteroatoms. The predicted octanol–water partition coefficient (Wildman–Crippen LogP) is 3.26. The number of aryl methyl sites for hydroxylation is 1. The van der Waals surface area contributed by atoms with Crippen molar-refractivity contribution in [3.8, 4) is 6.07 Å². The maximum absolute atomic E-state index is 13.5. The van der Waals surface area contributed by atoms with Crippen LogP contribution < -0.4 is 5.32 Å². The zero-order chi connectivity index (χ0) is 13.8. The number of carbonyl (C=O) groups is 1. The average Bonchev–Trinajstić information content (AvgIpc) is 2.43. The van der Waals surface area contributed by atoms with Crippen LogP contribution in [0.15, 0.2) is 42.5 Å². The molecule has 0 bridgehead atoms. The summed E-state index contributed by atoms with van der Waals surface area (Å²) in [6.45, 7) is 1.82. The summed E-state index contributed by atoms with van der Waals surface area (Å²) in [5, 5.41) is 11.2. The molecule has 94 valence electrons. The Morgan fingerprint density at radius 1 is 1.21 bits per heavy atom. The third-order valence-electron chi connectivity index (χ3n) is 2.65. The number of nitriles is 1. The molecule has 0 aliphatic heterocycles. The Bertz CT molecular complexity index is 657. The average molecular weight is 254 g/mol. The third kappa shape index (κ3) is 2.96. The van der Waals surface area contributed by atoms with E-state index in [2.05, 4.69) is 5.32 Å². The van der Waals surface area contributed by atoms with Crippen LogP contribution in [0.5, 0.6) is 0 Å². The number of rotatable bonds is 2. The predicted molar refractivity (Wildman–Crippen MR) is 70.2 cm³/mol. The number of anilines is 1. The zero-order valence-electron chi connectivity index (χ0n) is 10.3. The van der Waals surface area contributed by atoms with Gasteiger partial charge in [0.25, 0.3) is 5.91 Å². The first kappa shape index (κ1) is 12.8. The minimum atomic E-state index is -0.479. The van der Waals surface area contributed by atoms with Gasteiger partial charge in [-0.25, -0.2) is 4.39 Å². The van der Waals surface area contributed by atoms with Crippen LogP contribution >= 0.6 is 0 Å². The topological polar surface area (TPSA) is 52.9 Å². The van der Waals surface area contributed by atoms with Gasteiger partial charge in [0.2, 0.25) is 0 Å². The fourth-order valence-electron chi connectivity index (χ4n) is 1.63. The van der Waals surface area contributed by atoms with Gasteiger partial charge in [-0.2, -0.15) is 5.26 Å². The van der Waals surface area contributed by atoms with Crippen LogP contribution in [0.3, 0.4) is 0 Å². The summed E-state index contributed by atoms with van der Waals surface area (Å²) in [6.07, 6.45) is 0. The number of amides is 1. The van der Waals surface area contributed by atoms with Gasteiger partial charge in [0.1, 0.15) is 5.82 Å². The van der Waals surface area contributed by atoms with Crippen molar-refractivity contribution < 1.29 is 9.18 Å². The number of carbonyl (C=O) groups excluding carboxylic acids is 1. The number of hydrogen-bond acceptors (Lipinski definition) is 2. The van der Waals surface area contributed by atoms with Gasteiger partial charge in [0.15, 0.2) is 0 Å². The first-order valence-corrected chi connectivity index (χ1v) is 5.68. The highest BCUT2D eigenvalue weighted by Gasteiger charge is 2.09. The molecule has 0 aromatic heterocycles. The summed E-state index contributed by atoms with van der Waals surface area (Å²) in [4.78, 5) is 11.9. The van der Waals surface area contributed by atoms with E-state index in [-0.39, 0.29) is 5.69 Å². The third-order valence-corrected chi connectivity index (χ3v) is 2.65. The van der Waals surface area contributed by atoms with E-state index in [1.165, 1.54) is 18.2 Å². The first-order valence-electron chi connectivity index (χ1n) is 5.68. The van der Waals surface area contributed by atoms with Gasteiger partial charge in [0.05, 0.1) is 17.3 Å². The molecule has 0 saturated heterocycles. The molecular weight excluding hydrogens is 243 g/mol. The van der Waals surface area contributed by atoms with Crippen molar-refractivity contribution in [2.75, 3.05) is 5.32 Å². The molecule has 0 saturated carbocycles. The highest BCUT2D eigenvalue weighted by Crippen LogP contribution is 2.16. The van der Waals surface area contributed by atoms with Crippen LogP contribution in [0.4, 0.5) is 10.1 Å². The van der Waals surface area contributed by atoms with Crippen LogP contribution in [0.25, 0.3) is 0 Å². The van der Waals surface area contributed by atoms with Gasteiger partial charge in [-0.3, -0.25) is 4.79 Å². The molecule has 0 fully saturated rings. The van der Waals surface area contributed by atoms with Crippen molar-refractivity contribution in [3.63, 3.8) is 0 Å². The fraction of sp³-hybridized carbons (Fsp3) is 0.0667. The lowest BCUT2D eigenvalue weighted by Gasteiger charge is -2.07. The maximum Gasteiger partial charge on any atom is 0.255 e. The summed E-state index contributed by atoms with van der Waals surface area (Å²) >= 11 is 0. The van der Waals surface area contributed by atoms with E-state index >= 15 is 0 Å². The first-order chi connectivity index (χ1) is 9.10. The molecule has 0 atom stereocenters. The molecule has 2 aromatic rings. The maximum atomic E-state index is 13.5. The summed E-state index contributed by atoms with van der Waals surface area (Å²) in [5.74, 6) is -0.887. The van der Waals surface area contributed by atoms with Crippen molar-refractivity contribution in [2.24, 2.45) is 0 Å².